The monoisotopic (exact) mass is 348 g/mol. The Balaban J connectivity index is 2.05. The number of rotatable bonds is 5. The summed E-state index contributed by atoms with van der Waals surface area (Å²) in [4.78, 5) is 24.1. The lowest BCUT2D eigenvalue weighted by Crippen LogP contribution is -2.21. The van der Waals surface area contributed by atoms with Crippen LogP contribution in [-0.2, 0) is 9.53 Å². The minimum absolute atomic E-state index is 0.203. The molecular formula is C21H20N2O3. The summed E-state index contributed by atoms with van der Waals surface area (Å²) in [6, 6.07) is 17.3. The van der Waals surface area contributed by atoms with Gasteiger partial charge in [0.1, 0.15) is 11.3 Å². The molecule has 1 atom stereocenters. The number of aryl methyl sites for hydroxylation is 1. The minimum atomic E-state index is -0.797. The zero-order valence-electron chi connectivity index (χ0n) is 15.0. The van der Waals surface area contributed by atoms with Crippen LogP contribution < -0.4 is 0 Å². The fourth-order valence-corrected chi connectivity index (χ4v) is 2.47. The maximum atomic E-state index is 12.6. The lowest BCUT2D eigenvalue weighted by atomic mass is 10.1. The second-order valence-corrected chi connectivity index (χ2v) is 6.20. The molecule has 0 aliphatic carbocycles. The third kappa shape index (κ3) is 3.72. The maximum absolute atomic E-state index is 12.6. The minimum Gasteiger partial charge on any atom is -0.451 e. The molecule has 2 aromatic carbocycles. The van der Waals surface area contributed by atoms with Crippen LogP contribution in [0.5, 0.6) is 0 Å². The Bertz CT molecular complexity index is 928. The van der Waals surface area contributed by atoms with Gasteiger partial charge in [0, 0.05) is 11.8 Å². The van der Waals surface area contributed by atoms with E-state index in [1.165, 1.54) is 6.92 Å². The number of Topliss-reactive ketones (excluding diaryl/α,β-unsaturated/α-hetero) is 1. The number of aromatic nitrogens is 2. The molecule has 5 heteroatoms. The van der Waals surface area contributed by atoms with Crippen molar-refractivity contribution in [3.05, 3.63) is 71.9 Å². The van der Waals surface area contributed by atoms with E-state index in [1.807, 2.05) is 61.5 Å². The van der Waals surface area contributed by atoms with Gasteiger partial charge < -0.3 is 4.74 Å². The summed E-state index contributed by atoms with van der Waals surface area (Å²) in [6.07, 6.45) is 0.844. The van der Waals surface area contributed by atoms with Gasteiger partial charge in [0.05, 0.1) is 5.69 Å². The summed E-state index contributed by atoms with van der Waals surface area (Å²) >= 11 is 0. The summed E-state index contributed by atoms with van der Waals surface area (Å²) in [6.45, 7) is 4.97. The van der Waals surface area contributed by atoms with Crippen molar-refractivity contribution in [2.45, 2.75) is 26.9 Å². The standard InChI is InChI=1S/C21H20N2O3/c1-14-9-11-18(12-10-14)23-13-19(21(25)26-16(3)15(2)24)20(22-23)17-7-5-4-6-8-17/h4-13,16H,1-3H3. The first-order valence-corrected chi connectivity index (χ1v) is 8.39. The second-order valence-electron chi connectivity index (χ2n) is 6.20. The van der Waals surface area contributed by atoms with Gasteiger partial charge in [-0.15, -0.1) is 0 Å². The highest BCUT2D eigenvalue weighted by atomic mass is 16.5. The van der Waals surface area contributed by atoms with E-state index in [0.29, 0.717) is 11.3 Å². The van der Waals surface area contributed by atoms with Crippen molar-refractivity contribution in [2.24, 2.45) is 0 Å². The smallest absolute Gasteiger partial charge is 0.342 e. The van der Waals surface area contributed by atoms with E-state index in [2.05, 4.69) is 5.10 Å². The Labute approximate surface area is 152 Å². The van der Waals surface area contributed by atoms with Gasteiger partial charge in [0.15, 0.2) is 11.9 Å². The molecule has 0 spiro atoms. The van der Waals surface area contributed by atoms with Crippen LogP contribution in [0.1, 0.15) is 29.8 Å². The lowest BCUT2D eigenvalue weighted by molar-refractivity contribution is -0.124. The molecule has 0 bridgehead atoms. The fraction of sp³-hybridized carbons (Fsp3) is 0.190. The molecule has 0 aliphatic heterocycles. The van der Waals surface area contributed by atoms with Crippen LogP contribution in [0.3, 0.4) is 0 Å². The van der Waals surface area contributed by atoms with Crippen LogP contribution in [0.2, 0.25) is 0 Å². The van der Waals surface area contributed by atoms with Crippen LogP contribution in [0.4, 0.5) is 0 Å². The van der Waals surface area contributed by atoms with Gasteiger partial charge in [0.25, 0.3) is 0 Å². The van der Waals surface area contributed by atoms with E-state index in [1.54, 1.807) is 17.8 Å². The highest BCUT2D eigenvalue weighted by Crippen LogP contribution is 2.25. The summed E-state index contributed by atoms with van der Waals surface area (Å²) in [5.74, 6) is -0.768. The highest BCUT2D eigenvalue weighted by Gasteiger charge is 2.22. The molecule has 3 aromatic rings. The van der Waals surface area contributed by atoms with Gasteiger partial charge in [-0.3, -0.25) is 4.79 Å². The average molecular weight is 348 g/mol. The summed E-state index contributed by atoms with van der Waals surface area (Å²) in [5, 5.41) is 4.58. The Morgan fingerprint density at radius 2 is 1.69 bits per heavy atom. The molecule has 26 heavy (non-hydrogen) atoms. The van der Waals surface area contributed by atoms with Crippen LogP contribution in [0.25, 0.3) is 16.9 Å². The molecule has 0 saturated carbocycles. The van der Waals surface area contributed by atoms with E-state index >= 15 is 0 Å². The summed E-state index contributed by atoms with van der Waals surface area (Å²) < 4.78 is 6.94. The molecule has 0 fully saturated rings. The molecule has 3 rings (SSSR count). The Hall–Kier alpha value is -3.21. The number of ketones is 1. The molecule has 5 nitrogen and oxygen atoms in total. The number of ether oxygens (including phenoxy) is 1. The Morgan fingerprint density at radius 3 is 2.31 bits per heavy atom. The number of benzene rings is 2. The highest BCUT2D eigenvalue weighted by molar-refractivity contribution is 5.97. The summed E-state index contributed by atoms with van der Waals surface area (Å²) in [5.41, 5.74) is 3.63. The van der Waals surface area contributed by atoms with Gasteiger partial charge in [-0.25, -0.2) is 9.48 Å². The number of hydrogen-bond donors (Lipinski definition) is 0. The van der Waals surface area contributed by atoms with Crippen LogP contribution in [0.15, 0.2) is 60.8 Å². The van der Waals surface area contributed by atoms with Crippen molar-refractivity contribution < 1.29 is 14.3 Å². The third-order valence-corrected chi connectivity index (χ3v) is 4.14. The number of esters is 1. The van der Waals surface area contributed by atoms with E-state index in [0.717, 1.165) is 16.8 Å². The zero-order valence-corrected chi connectivity index (χ0v) is 15.0. The second kappa shape index (κ2) is 7.35. The SMILES string of the molecule is CC(=O)C(C)OC(=O)c1cn(-c2ccc(C)cc2)nc1-c1ccccc1. The zero-order chi connectivity index (χ0) is 18.7. The van der Waals surface area contributed by atoms with Crippen molar-refractivity contribution in [1.82, 2.24) is 9.78 Å². The van der Waals surface area contributed by atoms with Crippen molar-refractivity contribution in [1.29, 1.82) is 0 Å². The molecule has 1 heterocycles. The van der Waals surface area contributed by atoms with E-state index in [9.17, 15) is 9.59 Å². The van der Waals surface area contributed by atoms with Gasteiger partial charge >= 0.3 is 5.97 Å². The number of nitrogens with zero attached hydrogens (tertiary/aromatic N) is 2. The maximum Gasteiger partial charge on any atom is 0.342 e. The van der Waals surface area contributed by atoms with Gasteiger partial charge in [-0.2, -0.15) is 5.10 Å². The predicted molar refractivity (Wildman–Crippen MR) is 99.3 cm³/mol. The van der Waals surface area contributed by atoms with E-state index < -0.39 is 12.1 Å². The van der Waals surface area contributed by atoms with Gasteiger partial charge in [-0.05, 0) is 32.9 Å². The van der Waals surface area contributed by atoms with Gasteiger partial charge in [0.2, 0.25) is 0 Å². The molecule has 1 unspecified atom stereocenters. The lowest BCUT2D eigenvalue weighted by Gasteiger charge is -2.09. The molecule has 0 N–H and O–H groups in total. The predicted octanol–water partition coefficient (Wildman–Crippen LogP) is 3.98. The van der Waals surface area contributed by atoms with Crippen molar-refractivity contribution in [3.8, 4) is 16.9 Å². The number of carbonyl (C=O) groups is 2. The van der Waals surface area contributed by atoms with E-state index in [4.69, 9.17) is 4.74 Å². The molecule has 1 aromatic heterocycles. The van der Waals surface area contributed by atoms with Gasteiger partial charge in [-0.1, -0.05) is 48.0 Å². The largest absolute Gasteiger partial charge is 0.451 e. The van der Waals surface area contributed by atoms with Crippen LogP contribution in [0, 0.1) is 6.92 Å². The molecular weight excluding hydrogens is 328 g/mol. The third-order valence-electron chi connectivity index (χ3n) is 4.14. The number of hydrogen-bond acceptors (Lipinski definition) is 4. The van der Waals surface area contributed by atoms with E-state index in [-0.39, 0.29) is 5.78 Å². The first kappa shape index (κ1) is 17.6. The van der Waals surface area contributed by atoms with Crippen LogP contribution in [-0.4, -0.2) is 27.6 Å². The Morgan fingerprint density at radius 1 is 1.04 bits per heavy atom. The molecule has 132 valence electrons. The molecule has 0 amide bonds. The molecule has 0 radical (unpaired) electrons. The Kier molecular flexibility index (Phi) is 4.98. The first-order valence-electron chi connectivity index (χ1n) is 8.39. The molecule has 0 aliphatic rings. The fourth-order valence-electron chi connectivity index (χ4n) is 2.47. The first-order chi connectivity index (χ1) is 12.5. The average Bonchev–Trinajstić information content (AvgIpc) is 3.08. The summed E-state index contributed by atoms with van der Waals surface area (Å²) in [7, 11) is 0. The normalized spacial score (nSPS) is 11.8. The van der Waals surface area contributed by atoms with Crippen molar-refractivity contribution in [3.63, 3.8) is 0 Å². The quantitative estimate of drug-likeness (QED) is 0.654. The van der Waals surface area contributed by atoms with Crippen molar-refractivity contribution >= 4 is 11.8 Å². The number of carbonyl (C=O) groups excluding carboxylic acids is 2. The topological polar surface area (TPSA) is 61.2 Å². The molecule has 0 saturated heterocycles. The van der Waals surface area contributed by atoms with Crippen LogP contribution >= 0.6 is 0 Å². The van der Waals surface area contributed by atoms with Crippen molar-refractivity contribution in [2.75, 3.05) is 0 Å².